The summed E-state index contributed by atoms with van der Waals surface area (Å²) in [6.07, 6.45) is 1.63. The van der Waals surface area contributed by atoms with Crippen molar-refractivity contribution < 1.29 is 4.42 Å². The summed E-state index contributed by atoms with van der Waals surface area (Å²) >= 11 is 5.85. The molecule has 80 valence electrons. The molecule has 0 N–H and O–H groups in total. The Bertz CT molecular complexity index is 523. The van der Waals surface area contributed by atoms with Gasteiger partial charge < -0.3 is 4.42 Å². The van der Waals surface area contributed by atoms with Crippen molar-refractivity contribution in [2.45, 2.75) is 12.3 Å². The third kappa shape index (κ3) is 2.07. The largest absolute Gasteiger partial charge is 0.439 e. The number of benzene rings is 1. The standard InChI is InChI=1S/C12H9ClN2O/c1-8(13)12-15-7-11(16-12)10-4-2-9(6-14)3-5-10/h2-5,7-8H,1H3. The van der Waals surface area contributed by atoms with Crippen LogP contribution in [-0.2, 0) is 0 Å². The topological polar surface area (TPSA) is 49.8 Å². The number of hydrogen-bond acceptors (Lipinski definition) is 3. The Hall–Kier alpha value is -1.79. The van der Waals surface area contributed by atoms with E-state index in [-0.39, 0.29) is 5.38 Å². The number of halogens is 1. The Kier molecular flexibility index (Phi) is 2.93. The number of nitriles is 1. The van der Waals surface area contributed by atoms with Gasteiger partial charge in [0.15, 0.2) is 5.76 Å². The number of alkyl halides is 1. The van der Waals surface area contributed by atoms with E-state index in [1.54, 1.807) is 25.3 Å². The van der Waals surface area contributed by atoms with E-state index in [2.05, 4.69) is 11.1 Å². The number of rotatable bonds is 2. The highest BCUT2D eigenvalue weighted by molar-refractivity contribution is 6.20. The van der Waals surface area contributed by atoms with Crippen LogP contribution in [0.2, 0.25) is 0 Å². The average Bonchev–Trinajstić information content (AvgIpc) is 2.78. The van der Waals surface area contributed by atoms with Crippen molar-refractivity contribution in [2.24, 2.45) is 0 Å². The molecule has 0 aliphatic carbocycles. The monoisotopic (exact) mass is 232 g/mol. The van der Waals surface area contributed by atoms with Gasteiger partial charge in [-0.15, -0.1) is 11.6 Å². The van der Waals surface area contributed by atoms with Crippen LogP contribution in [0.5, 0.6) is 0 Å². The van der Waals surface area contributed by atoms with E-state index < -0.39 is 0 Å². The first kappa shape index (κ1) is 10.7. The van der Waals surface area contributed by atoms with Crippen LogP contribution in [0.3, 0.4) is 0 Å². The molecule has 0 amide bonds. The summed E-state index contributed by atoms with van der Waals surface area (Å²) < 4.78 is 5.48. The molecular formula is C12H9ClN2O. The van der Waals surface area contributed by atoms with E-state index in [1.807, 2.05) is 12.1 Å². The zero-order valence-corrected chi connectivity index (χ0v) is 9.40. The van der Waals surface area contributed by atoms with Gasteiger partial charge in [0.1, 0.15) is 5.38 Å². The van der Waals surface area contributed by atoms with Crippen molar-refractivity contribution in [2.75, 3.05) is 0 Å². The molecule has 1 aromatic heterocycles. The lowest BCUT2D eigenvalue weighted by Crippen LogP contribution is -1.80. The molecule has 0 bridgehead atoms. The summed E-state index contributed by atoms with van der Waals surface area (Å²) in [6.45, 7) is 1.80. The molecule has 2 rings (SSSR count). The molecule has 0 saturated heterocycles. The Morgan fingerprint density at radius 2 is 2.06 bits per heavy atom. The highest BCUT2D eigenvalue weighted by Crippen LogP contribution is 2.25. The van der Waals surface area contributed by atoms with Crippen molar-refractivity contribution in [3.8, 4) is 17.4 Å². The Morgan fingerprint density at radius 3 is 2.56 bits per heavy atom. The van der Waals surface area contributed by atoms with E-state index >= 15 is 0 Å². The van der Waals surface area contributed by atoms with Gasteiger partial charge in [0.2, 0.25) is 5.89 Å². The predicted molar refractivity (Wildman–Crippen MR) is 60.9 cm³/mol. The lowest BCUT2D eigenvalue weighted by Gasteiger charge is -1.97. The van der Waals surface area contributed by atoms with Crippen molar-refractivity contribution in [1.82, 2.24) is 4.98 Å². The molecule has 1 heterocycles. The van der Waals surface area contributed by atoms with Gasteiger partial charge in [-0.2, -0.15) is 5.26 Å². The molecular weight excluding hydrogens is 224 g/mol. The lowest BCUT2D eigenvalue weighted by atomic mass is 10.1. The number of nitrogens with zero attached hydrogens (tertiary/aromatic N) is 2. The minimum Gasteiger partial charge on any atom is -0.439 e. The molecule has 0 fully saturated rings. The quantitative estimate of drug-likeness (QED) is 0.745. The molecule has 0 aliphatic rings. The molecule has 3 nitrogen and oxygen atoms in total. The SMILES string of the molecule is CC(Cl)c1ncc(-c2ccc(C#N)cc2)o1. The minimum absolute atomic E-state index is 0.243. The molecule has 16 heavy (non-hydrogen) atoms. The summed E-state index contributed by atoms with van der Waals surface area (Å²) in [5, 5.41) is 8.43. The van der Waals surface area contributed by atoms with Gasteiger partial charge in [0.25, 0.3) is 0 Å². The minimum atomic E-state index is -0.243. The zero-order chi connectivity index (χ0) is 11.5. The van der Waals surface area contributed by atoms with Crippen LogP contribution in [-0.4, -0.2) is 4.98 Å². The first-order valence-electron chi connectivity index (χ1n) is 4.81. The van der Waals surface area contributed by atoms with Crippen LogP contribution >= 0.6 is 11.6 Å². The molecule has 0 saturated carbocycles. The predicted octanol–water partition coefficient (Wildman–Crippen LogP) is 3.51. The van der Waals surface area contributed by atoms with E-state index in [0.29, 0.717) is 17.2 Å². The van der Waals surface area contributed by atoms with E-state index in [0.717, 1.165) is 5.56 Å². The van der Waals surface area contributed by atoms with Crippen LogP contribution in [0.15, 0.2) is 34.9 Å². The first-order chi connectivity index (χ1) is 7.70. The van der Waals surface area contributed by atoms with Gasteiger partial charge in [-0.1, -0.05) is 0 Å². The average molecular weight is 233 g/mol. The normalized spacial score (nSPS) is 12.1. The molecule has 2 aromatic rings. The van der Waals surface area contributed by atoms with Gasteiger partial charge in [-0.25, -0.2) is 4.98 Å². The van der Waals surface area contributed by atoms with Crippen LogP contribution in [0.4, 0.5) is 0 Å². The molecule has 1 aromatic carbocycles. The number of aromatic nitrogens is 1. The molecule has 4 heteroatoms. The maximum absolute atomic E-state index is 8.67. The van der Waals surface area contributed by atoms with Crippen LogP contribution in [0.25, 0.3) is 11.3 Å². The van der Waals surface area contributed by atoms with Crippen molar-refractivity contribution in [1.29, 1.82) is 5.26 Å². The summed E-state index contributed by atoms with van der Waals surface area (Å²) in [6, 6.07) is 9.18. The second kappa shape index (κ2) is 4.38. The van der Waals surface area contributed by atoms with Gasteiger partial charge in [-0.3, -0.25) is 0 Å². The Labute approximate surface area is 98.3 Å². The van der Waals surface area contributed by atoms with E-state index in [9.17, 15) is 0 Å². The third-order valence-electron chi connectivity index (χ3n) is 2.16. The number of oxazole rings is 1. The Balaban J connectivity index is 2.32. The van der Waals surface area contributed by atoms with Crippen LogP contribution < -0.4 is 0 Å². The van der Waals surface area contributed by atoms with Crippen molar-refractivity contribution in [3.63, 3.8) is 0 Å². The van der Waals surface area contributed by atoms with Crippen LogP contribution in [0, 0.1) is 11.3 Å². The maximum atomic E-state index is 8.67. The van der Waals surface area contributed by atoms with Gasteiger partial charge in [0.05, 0.1) is 17.8 Å². The second-order valence-electron chi connectivity index (χ2n) is 3.37. The fraction of sp³-hybridized carbons (Fsp3) is 0.167. The fourth-order valence-electron chi connectivity index (χ4n) is 1.31. The van der Waals surface area contributed by atoms with Gasteiger partial charge in [-0.05, 0) is 31.2 Å². The van der Waals surface area contributed by atoms with Gasteiger partial charge in [0, 0.05) is 5.56 Å². The Morgan fingerprint density at radius 1 is 1.38 bits per heavy atom. The fourth-order valence-corrected chi connectivity index (χ4v) is 1.41. The molecule has 0 radical (unpaired) electrons. The summed E-state index contributed by atoms with van der Waals surface area (Å²) in [5.74, 6) is 1.16. The summed E-state index contributed by atoms with van der Waals surface area (Å²) in [4.78, 5) is 4.07. The highest BCUT2D eigenvalue weighted by Gasteiger charge is 2.10. The maximum Gasteiger partial charge on any atom is 0.212 e. The van der Waals surface area contributed by atoms with Crippen LogP contribution in [0.1, 0.15) is 23.8 Å². The zero-order valence-electron chi connectivity index (χ0n) is 8.64. The third-order valence-corrected chi connectivity index (χ3v) is 2.35. The van der Waals surface area contributed by atoms with E-state index in [4.69, 9.17) is 21.3 Å². The second-order valence-corrected chi connectivity index (χ2v) is 4.02. The number of hydrogen-bond donors (Lipinski definition) is 0. The smallest absolute Gasteiger partial charge is 0.212 e. The first-order valence-corrected chi connectivity index (χ1v) is 5.24. The molecule has 1 unspecified atom stereocenters. The summed E-state index contributed by atoms with van der Waals surface area (Å²) in [5.41, 5.74) is 1.50. The summed E-state index contributed by atoms with van der Waals surface area (Å²) in [7, 11) is 0. The highest BCUT2D eigenvalue weighted by atomic mass is 35.5. The molecule has 0 spiro atoms. The van der Waals surface area contributed by atoms with Crippen molar-refractivity contribution >= 4 is 11.6 Å². The van der Waals surface area contributed by atoms with Crippen molar-refractivity contribution in [3.05, 3.63) is 41.9 Å². The molecule has 0 aliphatic heterocycles. The molecule has 1 atom stereocenters. The van der Waals surface area contributed by atoms with E-state index in [1.165, 1.54) is 0 Å². The van der Waals surface area contributed by atoms with Gasteiger partial charge >= 0.3 is 0 Å². The lowest BCUT2D eigenvalue weighted by molar-refractivity contribution is 0.508.